The van der Waals surface area contributed by atoms with Crippen LogP contribution in [0.15, 0.2) is 12.2 Å². The van der Waals surface area contributed by atoms with Gasteiger partial charge in [-0.2, -0.15) is 0 Å². The summed E-state index contributed by atoms with van der Waals surface area (Å²) in [6.07, 6.45) is 6.50. The van der Waals surface area contributed by atoms with E-state index in [1.54, 1.807) is 0 Å². The Morgan fingerprint density at radius 2 is 1.35 bits per heavy atom. The topological polar surface area (TPSA) is 52.6 Å². The maximum Gasteiger partial charge on any atom is 0.313 e. The van der Waals surface area contributed by atoms with Crippen LogP contribution in [0.2, 0.25) is 0 Å². The summed E-state index contributed by atoms with van der Waals surface area (Å²) in [5, 5.41) is 0. The van der Waals surface area contributed by atoms with Crippen molar-refractivity contribution in [3.05, 3.63) is 12.2 Å². The average molecular weight is 274 g/mol. The third kappa shape index (κ3) is 0.680. The minimum Gasteiger partial charge on any atom is -0.469 e. The number of carbonyl (C=O) groups is 2. The van der Waals surface area contributed by atoms with Crippen molar-refractivity contribution >= 4 is 11.9 Å². The number of carbonyl (C=O) groups excluding carboxylic acids is 2. The van der Waals surface area contributed by atoms with Gasteiger partial charge >= 0.3 is 11.9 Å². The zero-order chi connectivity index (χ0) is 13.9. The van der Waals surface area contributed by atoms with Gasteiger partial charge in [0, 0.05) is 0 Å². The first-order valence-corrected chi connectivity index (χ1v) is 7.52. The fraction of sp³-hybridized carbons (Fsp3) is 0.750. The number of rotatable bonds is 2. The zero-order valence-electron chi connectivity index (χ0n) is 11.7. The van der Waals surface area contributed by atoms with E-state index in [9.17, 15) is 9.59 Å². The lowest BCUT2D eigenvalue weighted by atomic mass is 9.51. The van der Waals surface area contributed by atoms with E-state index in [0.717, 1.165) is 12.8 Å². The van der Waals surface area contributed by atoms with Gasteiger partial charge in [0.05, 0.1) is 25.0 Å². The lowest BCUT2D eigenvalue weighted by molar-refractivity contribution is -0.187. The van der Waals surface area contributed by atoms with Gasteiger partial charge in [0.15, 0.2) is 0 Å². The molecule has 0 aromatic carbocycles. The van der Waals surface area contributed by atoms with Crippen LogP contribution in [0.3, 0.4) is 0 Å². The highest BCUT2D eigenvalue weighted by Crippen LogP contribution is 2.91. The van der Waals surface area contributed by atoms with E-state index in [-0.39, 0.29) is 23.8 Å². The second-order valence-corrected chi connectivity index (χ2v) is 7.10. The van der Waals surface area contributed by atoms with Crippen molar-refractivity contribution in [2.75, 3.05) is 14.2 Å². The predicted octanol–water partition coefficient (Wildman–Crippen LogP) is 1.41. The van der Waals surface area contributed by atoms with E-state index in [0.29, 0.717) is 23.7 Å². The highest BCUT2D eigenvalue weighted by atomic mass is 16.5. The largest absolute Gasteiger partial charge is 0.469 e. The van der Waals surface area contributed by atoms with Crippen LogP contribution in [-0.4, -0.2) is 26.2 Å². The molecule has 8 bridgehead atoms. The Kier molecular flexibility index (Phi) is 1.69. The highest BCUT2D eigenvalue weighted by molar-refractivity contribution is 5.95. The third-order valence-corrected chi connectivity index (χ3v) is 7.47. The lowest BCUT2D eigenvalue weighted by Crippen LogP contribution is -2.59. The highest BCUT2D eigenvalue weighted by Gasteiger charge is 2.94. The van der Waals surface area contributed by atoms with E-state index in [4.69, 9.17) is 9.47 Å². The molecule has 4 heteroatoms. The monoisotopic (exact) mass is 274 g/mol. The van der Waals surface area contributed by atoms with Gasteiger partial charge in [-0.15, -0.1) is 0 Å². The SMILES string of the molecule is COC(=O)[C@@]12[C@@H]3CC[C@H]4C3C3[C@@H](C=C[C@@H]31)[C@]42C(=O)OC. The summed E-state index contributed by atoms with van der Waals surface area (Å²) in [5.74, 6) is 1.73. The van der Waals surface area contributed by atoms with Gasteiger partial charge in [0.25, 0.3) is 0 Å². The molecule has 0 amide bonds. The molecule has 0 N–H and O–H groups in total. The molecule has 0 aromatic rings. The quantitative estimate of drug-likeness (QED) is 0.564. The molecule has 4 nitrogen and oxygen atoms in total. The molecule has 0 saturated heterocycles. The smallest absolute Gasteiger partial charge is 0.313 e. The fourth-order valence-corrected chi connectivity index (χ4v) is 7.64. The van der Waals surface area contributed by atoms with Crippen LogP contribution in [-0.2, 0) is 19.1 Å². The number of hydrogen-bond acceptors (Lipinski definition) is 4. The number of allylic oxidation sites excluding steroid dienone is 2. The molecule has 0 spiro atoms. The van der Waals surface area contributed by atoms with Gasteiger partial charge in [-0.25, -0.2) is 0 Å². The molecule has 5 fully saturated rings. The summed E-state index contributed by atoms with van der Waals surface area (Å²) in [5.41, 5.74) is -1.24. The number of ether oxygens (including phenoxy) is 2. The van der Waals surface area contributed by atoms with E-state index in [1.165, 1.54) is 14.2 Å². The molecule has 0 aliphatic heterocycles. The standard InChI is InChI=1S/C16H18O4/c1-19-13(17)15-7-3-5-9-11(7)12-8(15)4-6-10(12)16(9,15)14(18)20-2/h3,5,7-12H,4,6H2,1-2H3/t7-,8+,9+,10-,11?,12?,15-,16+. The maximum absolute atomic E-state index is 12.8. The second kappa shape index (κ2) is 2.97. The van der Waals surface area contributed by atoms with Crippen molar-refractivity contribution in [2.24, 2.45) is 46.3 Å². The molecular weight excluding hydrogens is 256 g/mol. The van der Waals surface area contributed by atoms with E-state index >= 15 is 0 Å². The molecule has 0 heterocycles. The van der Waals surface area contributed by atoms with Crippen LogP contribution in [0.4, 0.5) is 0 Å². The minimum absolute atomic E-state index is 0.167. The van der Waals surface area contributed by atoms with E-state index < -0.39 is 10.8 Å². The molecule has 6 aliphatic carbocycles. The molecule has 5 saturated carbocycles. The molecule has 6 aliphatic rings. The number of esters is 2. The van der Waals surface area contributed by atoms with Crippen LogP contribution < -0.4 is 0 Å². The summed E-state index contributed by atoms with van der Waals surface area (Å²) < 4.78 is 10.4. The lowest BCUT2D eigenvalue weighted by Gasteiger charge is -2.49. The number of methoxy groups -OCH3 is 2. The van der Waals surface area contributed by atoms with Gasteiger partial charge in [-0.3, -0.25) is 9.59 Å². The van der Waals surface area contributed by atoms with Crippen LogP contribution in [0, 0.1) is 46.3 Å². The summed E-state index contributed by atoms with van der Waals surface area (Å²) in [7, 11) is 2.91. The first-order valence-electron chi connectivity index (χ1n) is 7.52. The van der Waals surface area contributed by atoms with Crippen molar-refractivity contribution in [2.45, 2.75) is 12.8 Å². The first kappa shape index (κ1) is 11.4. The third-order valence-electron chi connectivity index (χ3n) is 7.47. The molecule has 20 heavy (non-hydrogen) atoms. The van der Waals surface area contributed by atoms with Crippen LogP contribution >= 0.6 is 0 Å². The Balaban J connectivity index is 1.83. The molecule has 2 unspecified atom stereocenters. The summed E-state index contributed by atoms with van der Waals surface area (Å²) >= 11 is 0. The first-order chi connectivity index (χ1) is 9.67. The average Bonchev–Trinajstić information content (AvgIpc) is 3.23. The Labute approximate surface area is 117 Å². The van der Waals surface area contributed by atoms with Crippen molar-refractivity contribution in [3.8, 4) is 0 Å². The normalized spacial score (nSPS) is 58.7. The van der Waals surface area contributed by atoms with Gasteiger partial charge < -0.3 is 9.47 Å². The van der Waals surface area contributed by atoms with E-state index in [1.807, 2.05) is 0 Å². The van der Waals surface area contributed by atoms with Crippen molar-refractivity contribution < 1.29 is 19.1 Å². The molecule has 0 aromatic heterocycles. The van der Waals surface area contributed by atoms with Crippen LogP contribution in [0.5, 0.6) is 0 Å². The van der Waals surface area contributed by atoms with Gasteiger partial charge in [0.1, 0.15) is 0 Å². The number of hydrogen-bond donors (Lipinski definition) is 0. The predicted molar refractivity (Wildman–Crippen MR) is 68.2 cm³/mol. The fourth-order valence-electron chi connectivity index (χ4n) is 7.64. The Hall–Kier alpha value is -1.32. The van der Waals surface area contributed by atoms with Crippen molar-refractivity contribution in [1.82, 2.24) is 0 Å². The van der Waals surface area contributed by atoms with Gasteiger partial charge in [-0.05, 0) is 48.3 Å². The summed E-state index contributed by atoms with van der Waals surface area (Å²) in [6.45, 7) is 0. The van der Waals surface area contributed by atoms with Gasteiger partial charge in [0.2, 0.25) is 0 Å². The molecule has 0 radical (unpaired) electrons. The van der Waals surface area contributed by atoms with Crippen LogP contribution in [0.25, 0.3) is 0 Å². The van der Waals surface area contributed by atoms with Crippen LogP contribution in [0.1, 0.15) is 12.8 Å². The Morgan fingerprint density at radius 3 is 1.75 bits per heavy atom. The summed E-state index contributed by atoms with van der Waals surface area (Å²) in [4.78, 5) is 25.5. The molecule has 6 rings (SSSR count). The van der Waals surface area contributed by atoms with Crippen molar-refractivity contribution in [3.63, 3.8) is 0 Å². The summed E-state index contributed by atoms with van der Waals surface area (Å²) in [6, 6.07) is 0. The van der Waals surface area contributed by atoms with E-state index in [2.05, 4.69) is 12.2 Å². The van der Waals surface area contributed by atoms with Crippen molar-refractivity contribution in [1.29, 1.82) is 0 Å². The minimum atomic E-state index is -0.619. The Morgan fingerprint density at radius 1 is 0.900 bits per heavy atom. The molecular formula is C16H18O4. The second-order valence-electron chi connectivity index (χ2n) is 7.10. The maximum atomic E-state index is 12.8. The zero-order valence-corrected chi connectivity index (χ0v) is 11.7. The van der Waals surface area contributed by atoms with Gasteiger partial charge in [-0.1, -0.05) is 12.2 Å². The Bertz CT molecular complexity index is 533. The molecule has 8 atom stereocenters. The molecule has 106 valence electrons.